The first-order valence-electron chi connectivity index (χ1n) is 10.3. The molecule has 6 nitrogen and oxygen atoms in total. The van der Waals surface area contributed by atoms with Crippen LogP contribution in [-0.4, -0.2) is 27.0 Å². The van der Waals surface area contributed by atoms with E-state index in [1.807, 2.05) is 24.3 Å². The van der Waals surface area contributed by atoms with Crippen LogP contribution in [0.3, 0.4) is 0 Å². The number of rotatable bonds is 5. The van der Waals surface area contributed by atoms with Gasteiger partial charge < -0.3 is 4.74 Å². The largest absolute Gasteiger partial charge is 0.489 e. The number of nitrogens with zero attached hydrogens (tertiary/aromatic N) is 3. The number of amides is 1. The minimum absolute atomic E-state index is 0.0613. The number of thioether (sulfide) groups is 1. The Bertz CT molecular complexity index is 1470. The van der Waals surface area contributed by atoms with Gasteiger partial charge in [-0.05, 0) is 53.7 Å². The molecule has 3 aromatic carbocycles. The number of carbonyl (C=O) groups excluding carboxylic acids is 1. The molecular weight excluding hydrogens is 527 g/mol. The summed E-state index contributed by atoms with van der Waals surface area (Å²) >= 11 is 19.7. The summed E-state index contributed by atoms with van der Waals surface area (Å²) in [5.74, 6) is 0.0116. The van der Waals surface area contributed by atoms with Crippen LogP contribution in [-0.2, 0) is 11.4 Å². The second kappa shape index (κ2) is 9.87. The molecular formula is C25H15Cl3N4O2S. The van der Waals surface area contributed by atoms with Crippen molar-refractivity contribution in [2.75, 3.05) is 0 Å². The Labute approximate surface area is 220 Å². The molecule has 0 spiro atoms. The number of halogens is 3. The highest BCUT2D eigenvalue weighted by atomic mass is 35.5. The molecule has 0 bridgehead atoms. The average molecular weight is 542 g/mol. The van der Waals surface area contributed by atoms with Crippen LogP contribution in [0.4, 0.5) is 0 Å². The van der Waals surface area contributed by atoms with Gasteiger partial charge in [0.1, 0.15) is 17.4 Å². The number of benzene rings is 3. The topological polar surface area (TPSA) is 78.1 Å². The van der Waals surface area contributed by atoms with Crippen molar-refractivity contribution in [1.29, 1.82) is 5.41 Å². The van der Waals surface area contributed by atoms with Gasteiger partial charge in [-0.2, -0.15) is 15.1 Å². The summed E-state index contributed by atoms with van der Waals surface area (Å²) < 4.78 is 5.87. The molecule has 0 saturated carbocycles. The number of fused-ring (bicyclic) bond motifs is 1. The number of ether oxygens (including phenoxy) is 1. The fraction of sp³-hybridized carbons (Fsp3) is 0.0400. The maximum Gasteiger partial charge on any atom is 0.283 e. The van der Waals surface area contributed by atoms with Crippen LogP contribution in [0.1, 0.15) is 16.7 Å². The summed E-state index contributed by atoms with van der Waals surface area (Å²) in [6, 6.07) is 19.7. The molecule has 0 aromatic heterocycles. The van der Waals surface area contributed by atoms with Gasteiger partial charge in [-0.3, -0.25) is 10.2 Å². The third-order valence-electron chi connectivity index (χ3n) is 5.14. The highest BCUT2D eigenvalue weighted by Crippen LogP contribution is 2.33. The summed E-state index contributed by atoms with van der Waals surface area (Å²) in [5.41, 5.74) is 2.31. The maximum absolute atomic E-state index is 12.8. The van der Waals surface area contributed by atoms with Gasteiger partial charge in [0.05, 0.1) is 10.6 Å². The van der Waals surface area contributed by atoms with E-state index in [1.165, 1.54) is 16.8 Å². The van der Waals surface area contributed by atoms with E-state index in [4.69, 9.17) is 44.9 Å². The Morgan fingerprint density at radius 3 is 2.63 bits per heavy atom. The molecule has 1 amide bonds. The Balaban J connectivity index is 1.37. The van der Waals surface area contributed by atoms with Gasteiger partial charge in [-0.25, -0.2) is 0 Å². The first-order valence-corrected chi connectivity index (χ1v) is 12.3. The average Bonchev–Trinajstić information content (AvgIpc) is 3.25. The van der Waals surface area contributed by atoms with Crippen molar-refractivity contribution >= 4 is 74.6 Å². The molecule has 0 unspecified atom stereocenters. The molecule has 0 saturated heterocycles. The third-order valence-corrected chi connectivity index (χ3v) is 7.00. The van der Waals surface area contributed by atoms with Crippen LogP contribution in [0.25, 0.3) is 6.08 Å². The minimum atomic E-state index is -0.511. The first-order chi connectivity index (χ1) is 16.9. The standard InChI is InChI=1S/C25H15Cl3N4O2S/c26-16-9-8-15(21(28)12-16)13-34-17-5-3-4-14(10-17)11-19-22(29)32-25(30-23(19)33)35-24(31-32)18-6-1-2-7-20(18)27/h1-12,29H,13H2. The van der Waals surface area contributed by atoms with Crippen molar-refractivity contribution < 1.29 is 9.53 Å². The van der Waals surface area contributed by atoms with Gasteiger partial charge in [0.25, 0.3) is 5.91 Å². The summed E-state index contributed by atoms with van der Waals surface area (Å²) in [6.45, 7) is 0.253. The predicted octanol–water partition coefficient (Wildman–Crippen LogP) is 6.89. The third kappa shape index (κ3) is 4.99. The molecule has 2 aliphatic heterocycles. The van der Waals surface area contributed by atoms with Crippen LogP contribution < -0.4 is 4.74 Å². The van der Waals surface area contributed by atoms with Crippen molar-refractivity contribution in [2.45, 2.75) is 6.61 Å². The fourth-order valence-corrected chi connectivity index (χ4v) is 5.07. The number of nitrogens with one attached hydrogen (secondary N) is 1. The molecule has 0 radical (unpaired) electrons. The number of hydrazone groups is 1. The summed E-state index contributed by atoms with van der Waals surface area (Å²) in [4.78, 5) is 16.9. The second-order valence-corrected chi connectivity index (χ2v) is 9.71. The van der Waals surface area contributed by atoms with Gasteiger partial charge in [-0.1, -0.05) is 71.2 Å². The molecule has 174 valence electrons. The lowest BCUT2D eigenvalue weighted by molar-refractivity contribution is -0.114. The van der Waals surface area contributed by atoms with Crippen LogP contribution in [0.15, 0.2) is 82.4 Å². The lowest BCUT2D eigenvalue weighted by Gasteiger charge is -2.20. The van der Waals surface area contributed by atoms with E-state index in [-0.39, 0.29) is 18.0 Å². The van der Waals surface area contributed by atoms with Crippen LogP contribution in [0.5, 0.6) is 5.75 Å². The van der Waals surface area contributed by atoms with Crippen LogP contribution in [0.2, 0.25) is 15.1 Å². The lowest BCUT2D eigenvalue weighted by Crippen LogP contribution is -2.35. The van der Waals surface area contributed by atoms with Gasteiger partial charge in [0, 0.05) is 21.2 Å². The summed E-state index contributed by atoms with van der Waals surface area (Å²) in [7, 11) is 0. The minimum Gasteiger partial charge on any atom is -0.489 e. The maximum atomic E-state index is 12.8. The van der Waals surface area contributed by atoms with Crippen molar-refractivity contribution in [1.82, 2.24) is 5.01 Å². The number of hydrogen-bond donors (Lipinski definition) is 1. The smallest absolute Gasteiger partial charge is 0.283 e. The van der Waals surface area contributed by atoms with E-state index in [0.717, 1.165) is 5.56 Å². The zero-order chi connectivity index (χ0) is 24.5. The Morgan fingerprint density at radius 1 is 1.00 bits per heavy atom. The van der Waals surface area contributed by atoms with Crippen molar-refractivity contribution in [3.05, 3.63) is 104 Å². The molecule has 0 atom stereocenters. The van der Waals surface area contributed by atoms with Gasteiger partial charge in [0.15, 0.2) is 5.84 Å². The van der Waals surface area contributed by atoms with Gasteiger partial charge in [-0.15, -0.1) is 0 Å². The van der Waals surface area contributed by atoms with E-state index in [2.05, 4.69) is 10.1 Å². The SMILES string of the molecule is N=C1C(=Cc2cccc(OCc3ccc(Cl)cc3Cl)c2)C(=O)N=C2SC(c3ccccc3Cl)=NN12. The Kier molecular flexibility index (Phi) is 6.67. The van der Waals surface area contributed by atoms with Crippen LogP contribution in [0, 0.1) is 5.41 Å². The molecule has 10 heteroatoms. The van der Waals surface area contributed by atoms with Crippen LogP contribution >= 0.6 is 46.6 Å². The molecule has 1 N–H and O–H groups in total. The Morgan fingerprint density at radius 2 is 1.83 bits per heavy atom. The first kappa shape index (κ1) is 23.6. The van der Waals surface area contributed by atoms with Crippen molar-refractivity contribution in [3.8, 4) is 5.75 Å². The number of aliphatic imine (C=N–C) groups is 1. The van der Waals surface area contributed by atoms with Crippen molar-refractivity contribution in [2.24, 2.45) is 10.1 Å². The summed E-state index contributed by atoms with van der Waals surface area (Å²) in [6.07, 6.45) is 1.60. The molecule has 0 aliphatic carbocycles. The Hall–Kier alpha value is -3.10. The van der Waals surface area contributed by atoms with Gasteiger partial charge in [0.2, 0.25) is 5.17 Å². The van der Waals surface area contributed by atoms with E-state index < -0.39 is 5.91 Å². The normalized spacial score (nSPS) is 16.3. The lowest BCUT2D eigenvalue weighted by atomic mass is 10.1. The highest BCUT2D eigenvalue weighted by Gasteiger charge is 2.36. The number of hydrogen-bond acceptors (Lipinski definition) is 5. The summed E-state index contributed by atoms with van der Waals surface area (Å²) in [5, 5.41) is 16.9. The number of amidine groups is 2. The monoisotopic (exact) mass is 540 g/mol. The fourth-order valence-electron chi connectivity index (χ4n) is 3.40. The highest BCUT2D eigenvalue weighted by molar-refractivity contribution is 8.27. The molecule has 0 fully saturated rings. The number of carbonyl (C=O) groups is 1. The van der Waals surface area contributed by atoms with Crippen molar-refractivity contribution in [3.63, 3.8) is 0 Å². The molecule has 2 aliphatic rings. The van der Waals surface area contributed by atoms with E-state index in [9.17, 15) is 4.79 Å². The predicted molar refractivity (Wildman–Crippen MR) is 143 cm³/mol. The molecule has 3 aromatic rings. The van der Waals surface area contributed by atoms with E-state index in [0.29, 0.717) is 42.2 Å². The van der Waals surface area contributed by atoms with E-state index >= 15 is 0 Å². The zero-order valence-corrected chi connectivity index (χ0v) is 20.9. The zero-order valence-electron chi connectivity index (χ0n) is 17.8. The van der Waals surface area contributed by atoms with E-state index in [1.54, 1.807) is 48.5 Å². The molecule has 5 rings (SSSR count). The second-order valence-electron chi connectivity index (χ2n) is 7.50. The molecule has 2 heterocycles. The molecule has 35 heavy (non-hydrogen) atoms. The van der Waals surface area contributed by atoms with Gasteiger partial charge >= 0.3 is 0 Å². The quantitative estimate of drug-likeness (QED) is 0.357.